The third kappa shape index (κ3) is 2.05. The number of carboxylic acids is 1. The van der Waals surface area contributed by atoms with Crippen LogP contribution in [-0.4, -0.2) is 11.1 Å². The molecule has 0 radical (unpaired) electrons. The molecule has 110 valence electrons. The Balaban J connectivity index is 2.87. The fourth-order valence-corrected chi connectivity index (χ4v) is 3.96. The van der Waals surface area contributed by atoms with E-state index >= 15 is 0 Å². The van der Waals surface area contributed by atoms with Crippen molar-refractivity contribution in [3.63, 3.8) is 0 Å². The van der Waals surface area contributed by atoms with Crippen molar-refractivity contribution in [1.82, 2.24) is 0 Å². The number of hydrogen-bond donors (Lipinski definition) is 1. The van der Waals surface area contributed by atoms with Gasteiger partial charge in [-0.25, -0.2) is 4.79 Å². The summed E-state index contributed by atoms with van der Waals surface area (Å²) < 4.78 is 0. The van der Waals surface area contributed by atoms with Crippen molar-refractivity contribution in [2.45, 2.75) is 58.8 Å². The fraction of sp³-hybridized carbons (Fsp3) is 0.588. The second-order valence-corrected chi connectivity index (χ2v) is 7.68. The van der Waals surface area contributed by atoms with E-state index in [1.165, 1.54) is 0 Å². The molecule has 0 aliphatic heterocycles. The Morgan fingerprint density at radius 3 is 2.40 bits per heavy atom. The van der Waals surface area contributed by atoms with E-state index < -0.39 is 5.97 Å². The van der Waals surface area contributed by atoms with E-state index in [4.69, 9.17) is 11.6 Å². The van der Waals surface area contributed by atoms with Crippen molar-refractivity contribution < 1.29 is 9.90 Å². The zero-order valence-corrected chi connectivity index (χ0v) is 13.9. The number of fused-ring (bicyclic) bond motifs is 1. The average molecular weight is 295 g/mol. The van der Waals surface area contributed by atoms with Crippen LogP contribution >= 0.6 is 11.6 Å². The SMILES string of the molecule is Cc1c(C(=O)O)cc2c(c1Cl)C(C)(C)C(C)CC2(C)C. The van der Waals surface area contributed by atoms with Crippen LogP contribution in [0, 0.1) is 12.8 Å². The maximum absolute atomic E-state index is 11.4. The number of aromatic carboxylic acids is 1. The van der Waals surface area contributed by atoms with Crippen molar-refractivity contribution in [3.8, 4) is 0 Å². The second kappa shape index (κ2) is 4.49. The molecule has 1 atom stereocenters. The third-order valence-corrected chi connectivity index (χ3v) is 5.64. The lowest BCUT2D eigenvalue weighted by Crippen LogP contribution is -2.41. The Kier molecular flexibility index (Phi) is 3.45. The molecular weight excluding hydrogens is 272 g/mol. The zero-order chi connectivity index (χ0) is 15.5. The number of carboxylic acid groups (broad SMARTS) is 1. The lowest BCUT2D eigenvalue weighted by molar-refractivity contribution is 0.0695. The molecule has 1 N–H and O–H groups in total. The Morgan fingerprint density at radius 2 is 1.90 bits per heavy atom. The zero-order valence-electron chi connectivity index (χ0n) is 13.1. The molecule has 0 saturated heterocycles. The Bertz CT molecular complexity index is 585. The molecule has 1 aliphatic carbocycles. The monoisotopic (exact) mass is 294 g/mol. The number of halogens is 1. The van der Waals surface area contributed by atoms with Gasteiger partial charge < -0.3 is 5.11 Å². The van der Waals surface area contributed by atoms with Crippen LogP contribution in [0.3, 0.4) is 0 Å². The summed E-state index contributed by atoms with van der Waals surface area (Å²) in [6, 6.07) is 1.84. The molecule has 1 unspecified atom stereocenters. The van der Waals surface area contributed by atoms with Gasteiger partial charge in [0, 0.05) is 5.02 Å². The molecule has 0 spiro atoms. The summed E-state index contributed by atoms with van der Waals surface area (Å²) in [7, 11) is 0. The third-order valence-electron chi connectivity index (χ3n) is 5.16. The van der Waals surface area contributed by atoms with Crippen LogP contribution in [0.5, 0.6) is 0 Å². The van der Waals surface area contributed by atoms with Gasteiger partial charge in [0.15, 0.2) is 0 Å². The summed E-state index contributed by atoms with van der Waals surface area (Å²) in [5, 5.41) is 10.0. The molecular formula is C17H23ClO2. The number of carbonyl (C=O) groups is 1. The van der Waals surface area contributed by atoms with Crippen LogP contribution in [0.4, 0.5) is 0 Å². The van der Waals surface area contributed by atoms with Crippen molar-refractivity contribution in [3.05, 3.63) is 33.3 Å². The highest BCUT2D eigenvalue weighted by molar-refractivity contribution is 6.33. The van der Waals surface area contributed by atoms with Gasteiger partial charge in [0.05, 0.1) is 5.56 Å². The molecule has 0 heterocycles. The van der Waals surface area contributed by atoms with Gasteiger partial charge in [-0.3, -0.25) is 0 Å². The highest BCUT2D eigenvalue weighted by Gasteiger charge is 2.44. The van der Waals surface area contributed by atoms with E-state index in [9.17, 15) is 9.90 Å². The van der Waals surface area contributed by atoms with Crippen molar-refractivity contribution in [2.75, 3.05) is 0 Å². The molecule has 1 aromatic carbocycles. The smallest absolute Gasteiger partial charge is 0.336 e. The van der Waals surface area contributed by atoms with Gasteiger partial charge in [-0.15, -0.1) is 0 Å². The van der Waals surface area contributed by atoms with Gasteiger partial charge in [-0.1, -0.05) is 46.2 Å². The lowest BCUT2D eigenvalue weighted by Gasteiger charge is -2.47. The molecule has 0 saturated carbocycles. The topological polar surface area (TPSA) is 37.3 Å². The molecule has 2 rings (SSSR count). The quantitative estimate of drug-likeness (QED) is 0.796. The lowest BCUT2D eigenvalue weighted by atomic mass is 9.58. The van der Waals surface area contributed by atoms with Crippen molar-refractivity contribution in [1.29, 1.82) is 0 Å². The first-order valence-electron chi connectivity index (χ1n) is 7.07. The number of hydrogen-bond acceptors (Lipinski definition) is 1. The summed E-state index contributed by atoms with van der Waals surface area (Å²) in [6.07, 6.45) is 1.03. The van der Waals surface area contributed by atoms with Gasteiger partial charge in [0.25, 0.3) is 0 Å². The van der Waals surface area contributed by atoms with Gasteiger partial charge in [-0.05, 0) is 52.8 Å². The van der Waals surface area contributed by atoms with E-state index in [2.05, 4.69) is 34.6 Å². The fourth-order valence-electron chi connectivity index (χ4n) is 3.51. The van der Waals surface area contributed by atoms with E-state index in [0.29, 0.717) is 22.1 Å². The number of rotatable bonds is 1. The standard InChI is InChI=1S/C17H23ClO2/c1-9-8-16(3,4)12-7-11(15(19)20)10(2)14(18)13(12)17(9,5)6/h7,9H,8H2,1-6H3,(H,19,20). The summed E-state index contributed by atoms with van der Waals surface area (Å²) in [5.41, 5.74) is 3.14. The van der Waals surface area contributed by atoms with E-state index in [1.54, 1.807) is 6.92 Å². The highest BCUT2D eigenvalue weighted by atomic mass is 35.5. The molecule has 3 heteroatoms. The summed E-state index contributed by atoms with van der Waals surface area (Å²) in [4.78, 5) is 11.4. The highest BCUT2D eigenvalue weighted by Crippen LogP contribution is 2.52. The largest absolute Gasteiger partial charge is 0.478 e. The van der Waals surface area contributed by atoms with E-state index in [0.717, 1.165) is 17.5 Å². The minimum absolute atomic E-state index is 0.0380. The van der Waals surface area contributed by atoms with Gasteiger partial charge in [-0.2, -0.15) is 0 Å². The first-order valence-corrected chi connectivity index (χ1v) is 7.45. The molecule has 1 aromatic rings. The molecule has 0 fully saturated rings. The van der Waals surface area contributed by atoms with E-state index in [1.807, 2.05) is 6.07 Å². The Morgan fingerprint density at radius 1 is 1.35 bits per heavy atom. The number of benzene rings is 1. The van der Waals surface area contributed by atoms with Crippen LogP contribution in [0.15, 0.2) is 6.07 Å². The second-order valence-electron chi connectivity index (χ2n) is 7.30. The minimum Gasteiger partial charge on any atom is -0.478 e. The van der Waals surface area contributed by atoms with E-state index in [-0.39, 0.29) is 10.8 Å². The molecule has 0 aromatic heterocycles. The molecule has 0 bridgehead atoms. The van der Waals surface area contributed by atoms with Gasteiger partial charge in [0.2, 0.25) is 0 Å². The maximum atomic E-state index is 11.4. The normalized spacial score (nSPS) is 23.2. The first-order chi connectivity index (χ1) is 9.00. The Hall–Kier alpha value is -1.02. The van der Waals surface area contributed by atoms with Crippen LogP contribution in [-0.2, 0) is 10.8 Å². The molecule has 0 amide bonds. The predicted octanol–water partition coefficient (Wildman–Crippen LogP) is 4.94. The van der Waals surface area contributed by atoms with Crippen LogP contribution < -0.4 is 0 Å². The molecule has 1 aliphatic rings. The molecule has 20 heavy (non-hydrogen) atoms. The summed E-state index contributed by atoms with van der Waals surface area (Å²) in [5.74, 6) is -0.406. The van der Waals surface area contributed by atoms with Crippen molar-refractivity contribution >= 4 is 17.6 Å². The summed E-state index contributed by atoms with van der Waals surface area (Å²) >= 11 is 6.57. The predicted molar refractivity (Wildman–Crippen MR) is 83.0 cm³/mol. The van der Waals surface area contributed by atoms with Crippen LogP contribution in [0.2, 0.25) is 5.02 Å². The summed E-state index contributed by atoms with van der Waals surface area (Å²) in [6.45, 7) is 12.8. The average Bonchev–Trinajstić information content (AvgIpc) is 2.29. The van der Waals surface area contributed by atoms with Gasteiger partial charge in [0.1, 0.15) is 0 Å². The van der Waals surface area contributed by atoms with Crippen LogP contribution in [0.1, 0.15) is 68.1 Å². The van der Waals surface area contributed by atoms with Crippen molar-refractivity contribution in [2.24, 2.45) is 5.92 Å². The van der Waals surface area contributed by atoms with Gasteiger partial charge >= 0.3 is 5.97 Å². The first kappa shape index (κ1) is 15.4. The molecule has 2 nitrogen and oxygen atoms in total. The van der Waals surface area contributed by atoms with Crippen LogP contribution in [0.25, 0.3) is 0 Å². The Labute approximate surface area is 126 Å². The maximum Gasteiger partial charge on any atom is 0.336 e. The minimum atomic E-state index is -0.903.